The molecule has 0 aliphatic carbocycles. The molecule has 1 rings (SSSR count). The van der Waals surface area contributed by atoms with Crippen LogP contribution in [0.4, 0.5) is 0 Å². The lowest BCUT2D eigenvalue weighted by atomic mass is 9.98. The van der Waals surface area contributed by atoms with Gasteiger partial charge in [0, 0.05) is 0 Å². The van der Waals surface area contributed by atoms with Gasteiger partial charge in [0.15, 0.2) is 0 Å². The maximum atomic E-state index is 5.48. The summed E-state index contributed by atoms with van der Waals surface area (Å²) >= 11 is 0. The van der Waals surface area contributed by atoms with E-state index >= 15 is 0 Å². The second-order valence-corrected chi connectivity index (χ2v) is 3.92. The summed E-state index contributed by atoms with van der Waals surface area (Å²) in [5.41, 5.74) is 9.19. The molecule has 0 aliphatic heterocycles. The van der Waals surface area contributed by atoms with Gasteiger partial charge in [0.1, 0.15) is 0 Å². The molecule has 1 heteroatoms. The normalized spacial score (nSPS) is 10.6. The molecule has 0 radical (unpaired) electrons. The average molecular weight is 189 g/mol. The highest BCUT2D eigenvalue weighted by Gasteiger charge is 2.00. The van der Waals surface area contributed by atoms with Crippen molar-refractivity contribution in [1.82, 2.24) is 0 Å². The van der Waals surface area contributed by atoms with Crippen molar-refractivity contribution in [1.29, 1.82) is 0 Å². The fourth-order valence-corrected chi connectivity index (χ4v) is 1.42. The summed E-state index contributed by atoms with van der Waals surface area (Å²) in [5, 5.41) is 0. The zero-order valence-corrected chi connectivity index (χ0v) is 9.09. The zero-order valence-electron chi connectivity index (χ0n) is 9.09. The summed E-state index contributed by atoms with van der Waals surface area (Å²) in [6.07, 6.45) is 0.876. The van der Waals surface area contributed by atoms with E-state index in [4.69, 9.17) is 5.73 Å². The predicted molar refractivity (Wildman–Crippen MR) is 63.2 cm³/mol. The van der Waals surface area contributed by atoms with Crippen molar-refractivity contribution in [3.63, 3.8) is 0 Å². The van der Waals surface area contributed by atoms with Crippen LogP contribution in [-0.4, -0.2) is 6.54 Å². The molecule has 0 fully saturated rings. The summed E-state index contributed by atoms with van der Waals surface area (Å²) in [6.45, 7) is 9.08. The van der Waals surface area contributed by atoms with Crippen LogP contribution in [0.25, 0.3) is 5.57 Å². The Hall–Kier alpha value is -1.08. The van der Waals surface area contributed by atoms with Gasteiger partial charge in [-0.2, -0.15) is 0 Å². The Morgan fingerprint density at radius 1 is 1.29 bits per heavy atom. The van der Waals surface area contributed by atoms with Crippen LogP contribution in [0.1, 0.15) is 37.3 Å². The van der Waals surface area contributed by atoms with Crippen LogP contribution in [0, 0.1) is 0 Å². The third kappa shape index (κ3) is 2.71. The highest BCUT2D eigenvalue weighted by atomic mass is 14.5. The standard InChI is InChI=1S/C13H19N/c1-10(2)12-4-6-13(7-5-12)11(3)8-9-14/h4-7,10H,3,8-9,14H2,1-2H3. The predicted octanol–water partition coefficient (Wildman–Crippen LogP) is 3.17. The fourth-order valence-electron chi connectivity index (χ4n) is 1.42. The molecule has 14 heavy (non-hydrogen) atoms. The van der Waals surface area contributed by atoms with Crippen molar-refractivity contribution in [3.8, 4) is 0 Å². The van der Waals surface area contributed by atoms with Gasteiger partial charge in [0.2, 0.25) is 0 Å². The van der Waals surface area contributed by atoms with E-state index in [1.165, 1.54) is 11.1 Å². The van der Waals surface area contributed by atoms with E-state index in [9.17, 15) is 0 Å². The van der Waals surface area contributed by atoms with E-state index in [-0.39, 0.29) is 0 Å². The molecule has 0 atom stereocenters. The van der Waals surface area contributed by atoms with Crippen LogP contribution in [-0.2, 0) is 0 Å². The quantitative estimate of drug-likeness (QED) is 0.773. The minimum atomic E-state index is 0.590. The van der Waals surface area contributed by atoms with Crippen molar-refractivity contribution in [2.75, 3.05) is 6.54 Å². The molecule has 0 spiro atoms. The molecule has 0 aliphatic rings. The molecule has 0 bridgehead atoms. The van der Waals surface area contributed by atoms with Gasteiger partial charge in [-0.05, 0) is 35.6 Å². The molecule has 1 aromatic rings. The molecular weight excluding hydrogens is 170 g/mol. The number of rotatable bonds is 4. The van der Waals surface area contributed by atoms with Crippen LogP contribution in [0.5, 0.6) is 0 Å². The maximum Gasteiger partial charge on any atom is -0.00367 e. The van der Waals surface area contributed by atoms with Crippen molar-refractivity contribution in [2.24, 2.45) is 5.73 Å². The van der Waals surface area contributed by atoms with Crippen LogP contribution in [0.3, 0.4) is 0 Å². The average Bonchev–Trinajstić information content (AvgIpc) is 2.18. The zero-order chi connectivity index (χ0) is 10.6. The highest BCUT2D eigenvalue weighted by molar-refractivity contribution is 5.63. The number of hydrogen-bond donors (Lipinski definition) is 1. The van der Waals surface area contributed by atoms with Gasteiger partial charge in [-0.3, -0.25) is 0 Å². The first kappa shape index (κ1) is 11.0. The summed E-state index contributed by atoms with van der Waals surface area (Å²) in [7, 11) is 0. The minimum absolute atomic E-state index is 0.590. The molecule has 0 saturated carbocycles. The Morgan fingerprint density at radius 3 is 2.29 bits per heavy atom. The largest absolute Gasteiger partial charge is 0.330 e. The number of hydrogen-bond acceptors (Lipinski definition) is 1. The minimum Gasteiger partial charge on any atom is -0.330 e. The number of benzene rings is 1. The smallest absolute Gasteiger partial charge is 0.00367 e. The van der Waals surface area contributed by atoms with Crippen molar-refractivity contribution >= 4 is 5.57 Å². The van der Waals surface area contributed by atoms with Gasteiger partial charge in [-0.15, -0.1) is 0 Å². The van der Waals surface area contributed by atoms with E-state index in [2.05, 4.69) is 44.7 Å². The molecule has 0 amide bonds. The maximum absolute atomic E-state index is 5.48. The SMILES string of the molecule is C=C(CCN)c1ccc(C(C)C)cc1. The molecule has 0 saturated heterocycles. The second kappa shape index (κ2) is 4.97. The lowest BCUT2D eigenvalue weighted by molar-refractivity contribution is 0.866. The molecule has 1 nitrogen and oxygen atoms in total. The Balaban J connectivity index is 2.78. The van der Waals surface area contributed by atoms with Crippen LogP contribution in [0.15, 0.2) is 30.8 Å². The lowest BCUT2D eigenvalue weighted by Gasteiger charge is -2.08. The molecule has 0 heterocycles. The molecular formula is C13H19N. The summed E-state index contributed by atoms with van der Waals surface area (Å²) < 4.78 is 0. The summed E-state index contributed by atoms with van der Waals surface area (Å²) in [4.78, 5) is 0. The summed E-state index contributed by atoms with van der Waals surface area (Å²) in [6, 6.07) is 8.60. The van der Waals surface area contributed by atoms with Crippen LogP contribution < -0.4 is 5.73 Å². The monoisotopic (exact) mass is 189 g/mol. The fraction of sp³-hybridized carbons (Fsp3) is 0.385. The molecule has 0 unspecified atom stereocenters. The summed E-state index contributed by atoms with van der Waals surface area (Å²) in [5.74, 6) is 0.590. The Labute approximate surface area is 86.6 Å². The van der Waals surface area contributed by atoms with Gasteiger partial charge in [0.05, 0.1) is 0 Å². The van der Waals surface area contributed by atoms with E-state index in [1.807, 2.05) is 0 Å². The van der Waals surface area contributed by atoms with Gasteiger partial charge < -0.3 is 5.73 Å². The van der Waals surface area contributed by atoms with Gasteiger partial charge in [0.25, 0.3) is 0 Å². The molecule has 1 aromatic carbocycles. The second-order valence-electron chi connectivity index (χ2n) is 3.92. The molecule has 76 valence electrons. The van der Waals surface area contributed by atoms with Crippen LogP contribution in [0.2, 0.25) is 0 Å². The third-order valence-electron chi connectivity index (χ3n) is 2.43. The van der Waals surface area contributed by atoms with E-state index in [1.54, 1.807) is 0 Å². The molecule has 2 N–H and O–H groups in total. The van der Waals surface area contributed by atoms with Crippen molar-refractivity contribution in [2.45, 2.75) is 26.2 Å². The van der Waals surface area contributed by atoms with E-state index in [0.29, 0.717) is 12.5 Å². The van der Waals surface area contributed by atoms with Gasteiger partial charge >= 0.3 is 0 Å². The van der Waals surface area contributed by atoms with Gasteiger partial charge in [-0.25, -0.2) is 0 Å². The van der Waals surface area contributed by atoms with E-state index in [0.717, 1.165) is 12.0 Å². The van der Waals surface area contributed by atoms with Gasteiger partial charge in [-0.1, -0.05) is 44.7 Å². The first-order valence-corrected chi connectivity index (χ1v) is 5.13. The molecule has 0 aromatic heterocycles. The first-order chi connectivity index (χ1) is 6.65. The Bertz CT molecular complexity index is 296. The third-order valence-corrected chi connectivity index (χ3v) is 2.43. The van der Waals surface area contributed by atoms with Crippen molar-refractivity contribution in [3.05, 3.63) is 42.0 Å². The number of nitrogens with two attached hydrogens (primary N) is 1. The van der Waals surface area contributed by atoms with E-state index < -0.39 is 0 Å². The first-order valence-electron chi connectivity index (χ1n) is 5.13. The van der Waals surface area contributed by atoms with Crippen LogP contribution >= 0.6 is 0 Å². The highest BCUT2D eigenvalue weighted by Crippen LogP contribution is 2.19. The Morgan fingerprint density at radius 2 is 1.86 bits per heavy atom. The topological polar surface area (TPSA) is 26.0 Å². The van der Waals surface area contributed by atoms with Crippen molar-refractivity contribution < 1.29 is 0 Å². The lowest BCUT2D eigenvalue weighted by Crippen LogP contribution is -1.99. The Kier molecular flexibility index (Phi) is 3.90.